The van der Waals surface area contributed by atoms with Gasteiger partial charge < -0.3 is 4.98 Å². The van der Waals surface area contributed by atoms with Crippen LogP contribution in [0.4, 0.5) is 0 Å². The van der Waals surface area contributed by atoms with Crippen LogP contribution in [0, 0.1) is 18.8 Å². The fraction of sp³-hybridized carbons (Fsp3) is 0.303. The largest absolute Gasteiger partial charge is 0.361 e. The molecule has 8 aromatic carbocycles. The van der Waals surface area contributed by atoms with Gasteiger partial charge in [0.05, 0.1) is 5.52 Å². The average Bonchev–Trinajstić information content (AvgIpc) is 1.64. The number of aryl methyl sites for hydroxylation is 4. The minimum atomic E-state index is 0.558. The fourth-order valence-corrected chi connectivity index (χ4v) is 12.6. The lowest BCUT2D eigenvalue weighted by atomic mass is 9.84. The highest BCUT2D eigenvalue weighted by Gasteiger charge is 2.24. The van der Waals surface area contributed by atoms with Crippen LogP contribution in [0.2, 0.25) is 0 Å². The van der Waals surface area contributed by atoms with Gasteiger partial charge in [-0.15, -0.1) is 0 Å². The fourth-order valence-electron chi connectivity index (χ4n) is 12.6. The van der Waals surface area contributed by atoms with Gasteiger partial charge in [0, 0.05) is 59.4 Å². The van der Waals surface area contributed by atoms with Crippen LogP contribution >= 0.6 is 0 Å². The number of rotatable bonds is 0. The van der Waals surface area contributed by atoms with Crippen molar-refractivity contribution in [2.24, 2.45) is 11.8 Å². The molecule has 488 valence electrons. The van der Waals surface area contributed by atoms with E-state index >= 15 is 0 Å². The van der Waals surface area contributed by atoms with Gasteiger partial charge in [0.2, 0.25) is 0 Å². The summed E-state index contributed by atoms with van der Waals surface area (Å²) < 4.78 is 0. The molecule has 5 aliphatic rings. The Bertz CT molecular complexity index is 3740. The highest BCUT2D eigenvalue weighted by atomic mass is 14.8. The van der Waals surface area contributed by atoms with E-state index in [1.165, 1.54) is 115 Å². The van der Waals surface area contributed by atoms with Gasteiger partial charge in [0.15, 0.2) is 0 Å². The molecule has 1 N–H and O–H groups in total. The quantitative estimate of drug-likeness (QED) is 0.164. The summed E-state index contributed by atoms with van der Waals surface area (Å²) in [5.41, 5.74) is 21.9. The summed E-state index contributed by atoms with van der Waals surface area (Å²) in [6, 6.07) is 80.5. The number of H-pyrrole nitrogens is 1. The second kappa shape index (κ2) is 42.2. The first-order valence-corrected chi connectivity index (χ1v) is 35.0. The molecule has 17 rings (SSSR count). The third-order valence-electron chi connectivity index (χ3n) is 17.4. The lowest BCUT2D eigenvalue weighted by Crippen LogP contribution is -2.10. The Hall–Kier alpha value is -9.06. The predicted molar refractivity (Wildman–Crippen MR) is 406 cm³/mol. The van der Waals surface area contributed by atoms with E-state index in [0.29, 0.717) is 5.92 Å². The molecule has 3 unspecified atom stereocenters. The maximum absolute atomic E-state index is 4.18. The first-order chi connectivity index (χ1) is 46.2. The number of nitrogens with zero attached hydrogens (tertiary/aromatic N) is 4. The monoisotopic (exact) mass is 1250 g/mol. The van der Waals surface area contributed by atoms with Gasteiger partial charge in [-0.3, -0.25) is 9.97 Å². The standard InChI is InChI=1S/C14H12.2C11H14.2C10H12.C9H9N.C9H7N.C5H5N.C4H4N2.3C2H6/c1-10-11-6-2-4-8-13(11)14-9-5-3-7-12(10)14;1-9-5-4-7-10-6-2-3-8-11(9)10;1-9-6-7-10-4-2-3-5-11(10)8-9;1-8-6-9-4-2-3-5-10(9)7-8;1-8-6-7-9-4-2-3-5-10(8)9;1-7-6-10-9-5-3-2-4-8(7)9;1-2-6-9-8(4-1)5-3-7-10-9;1-2-4-6-5-3-1;1-2-5-4-6-3-1;3*1-2/h2-10H,1H3;2-3,6,8-9H,4-5,7H2,1H3;2-5,9H,6-8H2,1H3;2*2-5,8H,6-7H2,1H3;2-6,10H,1H3;1-7H;1-5H;1-4H;3*1-2H3. The summed E-state index contributed by atoms with van der Waals surface area (Å²) in [7, 11) is 0. The van der Waals surface area contributed by atoms with E-state index < -0.39 is 0 Å². The van der Waals surface area contributed by atoms with E-state index in [-0.39, 0.29) is 0 Å². The van der Waals surface area contributed by atoms with Crippen molar-refractivity contribution in [2.75, 3.05) is 0 Å². The first kappa shape index (κ1) is 74.0. The summed E-state index contributed by atoms with van der Waals surface area (Å²) in [5, 5.41) is 2.52. The van der Waals surface area contributed by atoms with E-state index in [1.807, 2.05) is 102 Å². The Labute approximate surface area is 566 Å². The maximum Gasteiger partial charge on any atom is 0.115 e. The van der Waals surface area contributed by atoms with Gasteiger partial charge in [-0.25, -0.2) is 9.97 Å². The second-order valence-corrected chi connectivity index (χ2v) is 24.1. The SMILES string of the molecule is CC.CC.CC.CC1CCCc2ccccc21.CC1CCc2ccccc21.CC1CCc2ccccc2C1.CC1Cc2ccccc2C1.CC1c2ccccc2-c2ccccc21.Cc1c[nH]c2ccccc12.c1ccc2ncccc2c1.c1ccncc1.c1cncnc1. The third-order valence-corrected chi connectivity index (χ3v) is 17.4. The van der Waals surface area contributed by atoms with Crippen LogP contribution in [0.1, 0.15) is 181 Å². The molecule has 0 saturated carbocycles. The molecular weight excluding hydrogens is 1140 g/mol. The number of benzene rings is 8. The molecule has 0 aliphatic heterocycles. The van der Waals surface area contributed by atoms with E-state index in [9.17, 15) is 0 Å². The molecule has 0 amide bonds. The highest BCUT2D eigenvalue weighted by molar-refractivity contribution is 5.82. The zero-order valence-electron chi connectivity index (χ0n) is 58.7. The molecule has 94 heavy (non-hydrogen) atoms. The summed E-state index contributed by atoms with van der Waals surface area (Å²) >= 11 is 0. The molecule has 4 aromatic heterocycles. The van der Waals surface area contributed by atoms with Gasteiger partial charge in [-0.05, 0) is 204 Å². The maximum atomic E-state index is 4.18. The molecule has 12 aromatic rings. The molecule has 5 aliphatic carbocycles. The van der Waals surface area contributed by atoms with E-state index in [0.717, 1.165) is 29.2 Å². The van der Waals surface area contributed by atoms with Crippen LogP contribution in [-0.2, 0) is 38.5 Å². The average molecular weight is 1250 g/mol. The van der Waals surface area contributed by atoms with E-state index in [4.69, 9.17) is 0 Å². The number of pyridine rings is 2. The van der Waals surface area contributed by atoms with Gasteiger partial charge in [0.1, 0.15) is 6.33 Å². The van der Waals surface area contributed by atoms with Crippen molar-refractivity contribution >= 4 is 21.8 Å². The molecule has 0 fully saturated rings. The summed E-state index contributed by atoms with van der Waals surface area (Å²) in [6.07, 6.45) is 25.4. The van der Waals surface area contributed by atoms with E-state index in [1.54, 1.807) is 75.4 Å². The number of hydrogen-bond acceptors (Lipinski definition) is 4. The molecule has 3 atom stereocenters. The number of para-hydroxylation sites is 2. The first-order valence-electron chi connectivity index (χ1n) is 35.0. The van der Waals surface area contributed by atoms with Crippen molar-refractivity contribution in [3.05, 3.63) is 335 Å². The molecular formula is C89H107N5. The molecule has 0 saturated heterocycles. The zero-order chi connectivity index (χ0) is 67.1. The van der Waals surface area contributed by atoms with Crippen LogP contribution in [0.15, 0.2) is 274 Å². The van der Waals surface area contributed by atoms with Gasteiger partial charge in [-0.1, -0.05) is 270 Å². The molecule has 0 spiro atoms. The smallest absolute Gasteiger partial charge is 0.115 e. The van der Waals surface area contributed by atoms with Crippen molar-refractivity contribution < 1.29 is 0 Å². The molecule has 5 heteroatoms. The Morgan fingerprint density at radius 3 is 1.31 bits per heavy atom. The van der Waals surface area contributed by atoms with Crippen molar-refractivity contribution in [1.29, 1.82) is 0 Å². The topological polar surface area (TPSA) is 67.3 Å². The minimum absolute atomic E-state index is 0.558. The van der Waals surface area contributed by atoms with Gasteiger partial charge in [-0.2, -0.15) is 0 Å². The summed E-state index contributed by atoms with van der Waals surface area (Å²) in [5.74, 6) is 3.92. The van der Waals surface area contributed by atoms with Crippen LogP contribution in [0.3, 0.4) is 0 Å². The van der Waals surface area contributed by atoms with Crippen molar-refractivity contribution in [3.63, 3.8) is 0 Å². The molecule has 4 heterocycles. The number of hydrogen-bond donors (Lipinski definition) is 1. The number of fused-ring (bicyclic) bond motifs is 9. The highest BCUT2D eigenvalue weighted by Crippen LogP contribution is 2.44. The molecule has 0 radical (unpaired) electrons. The number of aromatic amines is 1. The van der Waals surface area contributed by atoms with Crippen LogP contribution in [0.25, 0.3) is 32.9 Å². The lowest BCUT2D eigenvalue weighted by Gasteiger charge is -2.21. The number of aromatic nitrogens is 5. The number of nitrogens with one attached hydrogen (secondary N) is 1. The summed E-state index contributed by atoms with van der Waals surface area (Å²) in [4.78, 5) is 18.5. The van der Waals surface area contributed by atoms with E-state index in [2.05, 4.69) is 242 Å². The third kappa shape index (κ3) is 23.2. The van der Waals surface area contributed by atoms with Crippen LogP contribution in [-0.4, -0.2) is 24.9 Å². The normalized spacial score (nSPS) is 15.0. The predicted octanol–water partition coefficient (Wildman–Crippen LogP) is 24.3. The molecule has 5 nitrogen and oxygen atoms in total. The summed E-state index contributed by atoms with van der Waals surface area (Å²) in [6.45, 7) is 25.7. The Morgan fingerprint density at radius 1 is 0.351 bits per heavy atom. The Morgan fingerprint density at radius 2 is 0.798 bits per heavy atom. The van der Waals surface area contributed by atoms with Crippen molar-refractivity contribution in [2.45, 2.75) is 165 Å². The van der Waals surface area contributed by atoms with Crippen LogP contribution < -0.4 is 0 Å². The van der Waals surface area contributed by atoms with Crippen LogP contribution in [0.5, 0.6) is 0 Å². The molecule has 0 bridgehead atoms. The lowest BCUT2D eigenvalue weighted by molar-refractivity contribution is 0.501. The zero-order valence-corrected chi connectivity index (χ0v) is 58.7. The van der Waals surface area contributed by atoms with Gasteiger partial charge in [0.25, 0.3) is 0 Å². The van der Waals surface area contributed by atoms with Gasteiger partial charge >= 0.3 is 0 Å². The second-order valence-electron chi connectivity index (χ2n) is 24.1. The van der Waals surface area contributed by atoms with Crippen molar-refractivity contribution in [1.82, 2.24) is 24.9 Å². The Balaban J connectivity index is 0.000000167. The minimum Gasteiger partial charge on any atom is -0.361 e. The Kier molecular flexibility index (Phi) is 33.2. The van der Waals surface area contributed by atoms with Crippen molar-refractivity contribution in [3.8, 4) is 11.1 Å².